The second-order valence-electron chi connectivity index (χ2n) is 7.84. The number of hydrogen-bond donors (Lipinski definition) is 2. The van der Waals surface area contributed by atoms with Crippen molar-refractivity contribution in [3.63, 3.8) is 0 Å². The molecule has 4 nitrogen and oxygen atoms in total. The average molecular weight is 397 g/mol. The van der Waals surface area contributed by atoms with Crippen LogP contribution in [0.3, 0.4) is 0 Å². The predicted molar refractivity (Wildman–Crippen MR) is 127 cm³/mol. The van der Waals surface area contributed by atoms with Crippen LogP contribution in [0.2, 0.25) is 0 Å². The number of pyridine rings is 1. The van der Waals surface area contributed by atoms with Gasteiger partial charge in [0.05, 0.1) is 17.1 Å². The third kappa shape index (κ3) is 4.84. The molecular formula is C26H28N4. The van der Waals surface area contributed by atoms with Crippen molar-refractivity contribution in [3.8, 4) is 11.3 Å². The molecule has 0 aliphatic carbocycles. The number of allylic oxidation sites excluding steroid dienone is 1. The van der Waals surface area contributed by atoms with Crippen molar-refractivity contribution in [3.05, 3.63) is 108 Å². The van der Waals surface area contributed by atoms with Crippen LogP contribution < -0.4 is 11.5 Å². The summed E-state index contributed by atoms with van der Waals surface area (Å²) in [7, 11) is 0. The van der Waals surface area contributed by atoms with Crippen molar-refractivity contribution in [2.24, 2.45) is 16.5 Å². The molecule has 0 spiro atoms. The summed E-state index contributed by atoms with van der Waals surface area (Å²) in [5.41, 5.74) is 18.2. The van der Waals surface area contributed by atoms with E-state index in [0.717, 1.165) is 22.7 Å². The van der Waals surface area contributed by atoms with Gasteiger partial charge in [-0.2, -0.15) is 0 Å². The minimum atomic E-state index is -0.137. The van der Waals surface area contributed by atoms with E-state index >= 15 is 0 Å². The van der Waals surface area contributed by atoms with Crippen LogP contribution >= 0.6 is 0 Å². The maximum atomic E-state index is 5.82. The molecule has 0 saturated carbocycles. The number of rotatable bonds is 6. The number of hydrogen-bond acceptors (Lipinski definition) is 4. The molecule has 3 rings (SSSR count). The SMILES string of the molecule is C=C(N)C(N)=CC(C)=Nc1ccc(C(C)(C)c2ccc(-c3ccccn3)cc2)cc1. The quantitative estimate of drug-likeness (QED) is 0.428. The molecule has 2 aromatic carbocycles. The highest BCUT2D eigenvalue weighted by molar-refractivity contribution is 5.95. The summed E-state index contributed by atoms with van der Waals surface area (Å²) in [4.78, 5) is 9.00. The summed E-state index contributed by atoms with van der Waals surface area (Å²) in [5.74, 6) is 0. The molecule has 30 heavy (non-hydrogen) atoms. The Morgan fingerprint density at radius 1 is 0.933 bits per heavy atom. The molecule has 0 fully saturated rings. The van der Waals surface area contributed by atoms with Crippen LogP contribution in [-0.2, 0) is 5.41 Å². The van der Waals surface area contributed by atoms with Gasteiger partial charge in [-0.25, -0.2) is 0 Å². The molecule has 1 aromatic heterocycles. The maximum Gasteiger partial charge on any atom is 0.0701 e. The molecule has 0 bridgehead atoms. The van der Waals surface area contributed by atoms with Crippen LogP contribution in [0.5, 0.6) is 0 Å². The molecule has 4 N–H and O–H groups in total. The molecule has 0 atom stereocenters. The molecule has 0 radical (unpaired) electrons. The normalized spacial score (nSPS) is 12.6. The maximum absolute atomic E-state index is 5.82. The first-order valence-corrected chi connectivity index (χ1v) is 9.87. The van der Waals surface area contributed by atoms with Crippen LogP contribution in [0.1, 0.15) is 31.9 Å². The van der Waals surface area contributed by atoms with Crippen molar-refractivity contribution < 1.29 is 0 Å². The van der Waals surface area contributed by atoms with Gasteiger partial charge in [0, 0.05) is 28.6 Å². The monoisotopic (exact) mass is 396 g/mol. The zero-order valence-electron chi connectivity index (χ0n) is 17.8. The Labute approximate surface area is 178 Å². The Balaban J connectivity index is 1.81. The van der Waals surface area contributed by atoms with Crippen LogP contribution in [0.4, 0.5) is 5.69 Å². The fourth-order valence-corrected chi connectivity index (χ4v) is 3.26. The second-order valence-corrected chi connectivity index (χ2v) is 7.84. The number of aromatic nitrogens is 1. The van der Waals surface area contributed by atoms with Gasteiger partial charge in [0.1, 0.15) is 0 Å². The van der Waals surface area contributed by atoms with Gasteiger partial charge in [-0.3, -0.25) is 9.98 Å². The van der Waals surface area contributed by atoms with Crippen molar-refractivity contribution in [1.29, 1.82) is 0 Å². The summed E-state index contributed by atoms with van der Waals surface area (Å²) >= 11 is 0. The van der Waals surface area contributed by atoms with Crippen LogP contribution in [0, 0.1) is 0 Å². The van der Waals surface area contributed by atoms with Gasteiger partial charge in [0.15, 0.2) is 0 Å². The molecule has 0 saturated heterocycles. The lowest BCUT2D eigenvalue weighted by Gasteiger charge is -2.26. The molecule has 1 heterocycles. The van der Waals surface area contributed by atoms with Crippen LogP contribution in [-0.4, -0.2) is 10.7 Å². The fraction of sp³-hybridized carbons (Fsp3) is 0.154. The Morgan fingerprint density at radius 2 is 1.53 bits per heavy atom. The standard InChI is InChI=1S/C26H28N4/c1-18(17-24(28)19(2)27)30-23-14-12-22(13-15-23)26(3,4)21-10-8-20(9-11-21)25-7-5-6-16-29-25/h5-17H,2,27-28H2,1,3-4H3. The highest BCUT2D eigenvalue weighted by Gasteiger charge is 2.23. The molecule has 4 heteroatoms. The number of benzene rings is 2. The van der Waals surface area contributed by atoms with Gasteiger partial charge in [0.25, 0.3) is 0 Å². The Kier molecular flexibility index (Phi) is 6.17. The Hall–Kier alpha value is -3.66. The van der Waals surface area contributed by atoms with Gasteiger partial charge < -0.3 is 11.5 Å². The number of nitrogens with zero attached hydrogens (tertiary/aromatic N) is 2. The van der Waals surface area contributed by atoms with E-state index < -0.39 is 0 Å². The van der Waals surface area contributed by atoms with E-state index in [9.17, 15) is 0 Å². The number of aliphatic imine (C=N–C) groups is 1. The molecule has 0 aliphatic rings. The lowest BCUT2D eigenvalue weighted by atomic mass is 9.78. The highest BCUT2D eigenvalue weighted by Crippen LogP contribution is 2.33. The van der Waals surface area contributed by atoms with Crippen molar-refractivity contribution in [1.82, 2.24) is 4.98 Å². The van der Waals surface area contributed by atoms with Crippen molar-refractivity contribution >= 4 is 11.4 Å². The van der Waals surface area contributed by atoms with Gasteiger partial charge in [-0.15, -0.1) is 0 Å². The zero-order valence-corrected chi connectivity index (χ0v) is 17.8. The lowest BCUT2D eigenvalue weighted by molar-refractivity contribution is 0.641. The third-order valence-corrected chi connectivity index (χ3v) is 5.20. The van der Waals surface area contributed by atoms with E-state index in [1.165, 1.54) is 11.1 Å². The van der Waals surface area contributed by atoms with Crippen LogP contribution in [0.15, 0.2) is 102 Å². The first-order chi connectivity index (χ1) is 14.3. The zero-order chi connectivity index (χ0) is 21.7. The summed E-state index contributed by atoms with van der Waals surface area (Å²) < 4.78 is 0. The molecular weight excluding hydrogens is 368 g/mol. The summed E-state index contributed by atoms with van der Waals surface area (Å²) in [6.45, 7) is 9.97. The lowest BCUT2D eigenvalue weighted by Crippen LogP contribution is -2.18. The Bertz CT molecular complexity index is 1070. The molecule has 0 aliphatic heterocycles. The average Bonchev–Trinajstić information content (AvgIpc) is 2.74. The molecule has 0 unspecified atom stereocenters. The van der Waals surface area contributed by atoms with E-state index in [1.54, 1.807) is 6.08 Å². The fourth-order valence-electron chi connectivity index (χ4n) is 3.26. The van der Waals surface area contributed by atoms with E-state index in [1.807, 2.05) is 43.5 Å². The second kappa shape index (κ2) is 8.78. The predicted octanol–water partition coefficient (Wildman–Crippen LogP) is 5.48. The molecule has 152 valence electrons. The first-order valence-electron chi connectivity index (χ1n) is 9.87. The van der Waals surface area contributed by atoms with Crippen LogP contribution in [0.25, 0.3) is 11.3 Å². The smallest absolute Gasteiger partial charge is 0.0701 e. The summed E-state index contributed by atoms with van der Waals surface area (Å²) in [6, 6.07) is 22.8. The minimum Gasteiger partial charge on any atom is -0.398 e. The highest BCUT2D eigenvalue weighted by atomic mass is 14.7. The van der Waals surface area contributed by atoms with Crippen molar-refractivity contribution in [2.75, 3.05) is 0 Å². The summed E-state index contributed by atoms with van der Waals surface area (Å²) in [6.07, 6.45) is 3.54. The van der Waals surface area contributed by atoms with Gasteiger partial charge in [-0.05, 0) is 48.4 Å². The third-order valence-electron chi connectivity index (χ3n) is 5.20. The number of nitrogens with two attached hydrogens (primary N) is 2. The van der Waals surface area contributed by atoms with Gasteiger partial charge >= 0.3 is 0 Å². The first kappa shape index (κ1) is 21.1. The van der Waals surface area contributed by atoms with Gasteiger partial charge in [0.2, 0.25) is 0 Å². The van der Waals surface area contributed by atoms with E-state index in [0.29, 0.717) is 11.4 Å². The van der Waals surface area contributed by atoms with Gasteiger partial charge in [-0.1, -0.05) is 62.9 Å². The topological polar surface area (TPSA) is 77.3 Å². The van der Waals surface area contributed by atoms with E-state index in [4.69, 9.17) is 11.5 Å². The Morgan fingerprint density at radius 3 is 2.07 bits per heavy atom. The van der Waals surface area contributed by atoms with E-state index in [-0.39, 0.29) is 5.41 Å². The van der Waals surface area contributed by atoms with Crippen molar-refractivity contribution in [2.45, 2.75) is 26.2 Å². The molecule has 0 amide bonds. The molecule has 3 aromatic rings. The van der Waals surface area contributed by atoms with E-state index in [2.05, 4.69) is 66.8 Å². The largest absolute Gasteiger partial charge is 0.398 e. The summed E-state index contributed by atoms with van der Waals surface area (Å²) in [5, 5.41) is 0. The minimum absolute atomic E-state index is 0.137.